The third-order valence-electron chi connectivity index (χ3n) is 4.85. The highest BCUT2D eigenvalue weighted by Crippen LogP contribution is 2.25. The van der Waals surface area contributed by atoms with Gasteiger partial charge in [0.25, 0.3) is 5.56 Å². The van der Waals surface area contributed by atoms with E-state index < -0.39 is 17.3 Å². The first-order chi connectivity index (χ1) is 15.6. The fourth-order valence-electron chi connectivity index (χ4n) is 3.22. The molecule has 1 amide bonds. The molecule has 2 heterocycles. The molecule has 0 aliphatic heterocycles. The van der Waals surface area contributed by atoms with Gasteiger partial charge in [-0.1, -0.05) is 11.8 Å². The number of aromatic nitrogens is 4. The van der Waals surface area contributed by atoms with Crippen molar-refractivity contribution in [2.45, 2.75) is 56.8 Å². The summed E-state index contributed by atoms with van der Waals surface area (Å²) in [6, 6.07) is 6.25. The van der Waals surface area contributed by atoms with Crippen molar-refractivity contribution in [1.82, 2.24) is 19.3 Å². The minimum absolute atomic E-state index is 0.0112. The second-order valence-corrected chi connectivity index (χ2v) is 9.19. The van der Waals surface area contributed by atoms with Crippen molar-refractivity contribution in [3.05, 3.63) is 46.4 Å². The van der Waals surface area contributed by atoms with Gasteiger partial charge >= 0.3 is 5.97 Å². The van der Waals surface area contributed by atoms with Crippen molar-refractivity contribution in [2.24, 2.45) is 0 Å². The number of hydrogen-bond donors (Lipinski definition) is 2. The lowest BCUT2D eigenvalue weighted by atomic mass is 10.1. The lowest BCUT2D eigenvalue weighted by molar-refractivity contribution is -0.115. The van der Waals surface area contributed by atoms with Gasteiger partial charge in [0, 0.05) is 12.1 Å². The summed E-state index contributed by atoms with van der Waals surface area (Å²) >= 11 is 1.09. The molecule has 11 heteroatoms. The zero-order valence-corrected chi connectivity index (χ0v) is 19.9. The number of methoxy groups -OCH3 is 1. The maximum atomic E-state index is 13.1. The second kappa shape index (κ2) is 10.2. The van der Waals surface area contributed by atoms with Crippen LogP contribution in [0.4, 0.5) is 5.82 Å². The van der Waals surface area contributed by atoms with Gasteiger partial charge < -0.3 is 15.2 Å². The summed E-state index contributed by atoms with van der Waals surface area (Å²) in [4.78, 5) is 42.4. The molecule has 2 aromatic heterocycles. The lowest BCUT2D eigenvalue weighted by Crippen LogP contribution is -2.30. The van der Waals surface area contributed by atoms with Crippen molar-refractivity contribution in [3.63, 3.8) is 0 Å². The molecule has 10 nitrogen and oxygen atoms in total. The van der Waals surface area contributed by atoms with Gasteiger partial charge in [-0.3, -0.25) is 14.2 Å². The normalized spacial score (nSPS) is 13.2. The fourth-order valence-corrected chi connectivity index (χ4v) is 4.14. The number of aliphatic hydroxyl groups is 1. The summed E-state index contributed by atoms with van der Waals surface area (Å²) < 4.78 is 7.79. The average molecular weight is 474 g/mol. The topological polar surface area (TPSA) is 128 Å². The summed E-state index contributed by atoms with van der Waals surface area (Å²) in [6.45, 7) is 7.18. The Morgan fingerprint density at radius 2 is 1.94 bits per heavy atom. The maximum Gasteiger partial charge on any atom is 0.337 e. The highest BCUT2D eigenvalue weighted by molar-refractivity contribution is 8.00. The van der Waals surface area contributed by atoms with Crippen LogP contribution in [0.2, 0.25) is 0 Å². The van der Waals surface area contributed by atoms with Gasteiger partial charge in [0.15, 0.2) is 5.16 Å². The standard InChI is InChI=1S/C22H27N5O5S/c1-12(2)27-18(8-9-23-27)25-19(29)14(4)33-22-24-17-10-15(21(31)32-5)6-7-16(17)20(30)26(22)11-13(3)28/h6-10,12-14,28H,11H2,1-5H3,(H,25,29). The van der Waals surface area contributed by atoms with Crippen LogP contribution in [0.1, 0.15) is 44.1 Å². The van der Waals surface area contributed by atoms with E-state index in [1.807, 2.05) is 13.8 Å². The number of nitrogens with one attached hydrogen (secondary N) is 1. The highest BCUT2D eigenvalue weighted by atomic mass is 32.2. The number of carbonyl (C=O) groups excluding carboxylic acids is 2. The monoisotopic (exact) mass is 473 g/mol. The Bertz CT molecular complexity index is 1230. The number of benzene rings is 1. The van der Waals surface area contributed by atoms with E-state index >= 15 is 0 Å². The number of aliphatic hydroxyl groups excluding tert-OH is 1. The molecule has 33 heavy (non-hydrogen) atoms. The van der Waals surface area contributed by atoms with Crippen LogP contribution in [0, 0.1) is 0 Å². The molecular weight excluding hydrogens is 446 g/mol. The van der Waals surface area contributed by atoms with Gasteiger partial charge in [0.1, 0.15) is 5.82 Å². The summed E-state index contributed by atoms with van der Waals surface area (Å²) in [6.07, 6.45) is 0.803. The lowest BCUT2D eigenvalue weighted by Gasteiger charge is -2.18. The van der Waals surface area contributed by atoms with Crippen molar-refractivity contribution < 1.29 is 19.4 Å². The number of nitrogens with zero attached hydrogens (tertiary/aromatic N) is 4. The number of anilines is 1. The van der Waals surface area contributed by atoms with E-state index in [9.17, 15) is 19.5 Å². The largest absolute Gasteiger partial charge is 0.465 e. The van der Waals surface area contributed by atoms with Crippen LogP contribution in [0.3, 0.4) is 0 Å². The predicted octanol–water partition coefficient (Wildman–Crippen LogP) is 2.46. The number of amides is 1. The van der Waals surface area contributed by atoms with Crippen LogP contribution in [-0.2, 0) is 16.1 Å². The number of hydrogen-bond acceptors (Lipinski definition) is 8. The molecule has 0 aliphatic rings. The molecule has 0 fully saturated rings. The van der Waals surface area contributed by atoms with Gasteiger partial charge in [-0.15, -0.1) is 0 Å². The van der Waals surface area contributed by atoms with E-state index in [1.54, 1.807) is 30.8 Å². The SMILES string of the molecule is COC(=O)c1ccc2c(=O)n(CC(C)O)c(SC(C)C(=O)Nc3ccnn3C(C)C)nc2c1. The number of ether oxygens (including phenoxy) is 1. The summed E-state index contributed by atoms with van der Waals surface area (Å²) in [7, 11) is 1.27. The Kier molecular flexibility index (Phi) is 7.54. The molecule has 2 N–H and O–H groups in total. The summed E-state index contributed by atoms with van der Waals surface area (Å²) in [5.41, 5.74) is 0.192. The first-order valence-corrected chi connectivity index (χ1v) is 11.3. The van der Waals surface area contributed by atoms with Crippen LogP contribution >= 0.6 is 11.8 Å². The van der Waals surface area contributed by atoms with E-state index in [0.29, 0.717) is 16.7 Å². The number of esters is 1. The molecule has 0 saturated heterocycles. The number of fused-ring (bicyclic) bond motifs is 1. The third-order valence-corrected chi connectivity index (χ3v) is 5.94. The number of carbonyl (C=O) groups is 2. The Labute approximate surface area is 195 Å². The smallest absolute Gasteiger partial charge is 0.337 e. The molecule has 0 aliphatic carbocycles. The molecule has 0 saturated carbocycles. The van der Waals surface area contributed by atoms with Crippen molar-refractivity contribution in [3.8, 4) is 0 Å². The molecule has 0 bridgehead atoms. The van der Waals surface area contributed by atoms with Crippen LogP contribution in [0.15, 0.2) is 40.4 Å². The van der Waals surface area contributed by atoms with E-state index in [2.05, 4.69) is 15.4 Å². The molecule has 2 unspecified atom stereocenters. The fraction of sp³-hybridized carbons (Fsp3) is 0.409. The molecule has 3 aromatic rings. The van der Waals surface area contributed by atoms with Crippen molar-refractivity contribution in [1.29, 1.82) is 0 Å². The highest BCUT2D eigenvalue weighted by Gasteiger charge is 2.22. The minimum Gasteiger partial charge on any atom is -0.465 e. The van der Waals surface area contributed by atoms with Crippen LogP contribution in [-0.4, -0.2) is 54.8 Å². The van der Waals surface area contributed by atoms with Crippen molar-refractivity contribution >= 4 is 40.4 Å². The van der Waals surface area contributed by atoms with E-state index in [0.717, 1.165) is 11.8 Å². The molecule has 0 spiro atoms. The van der Waals surface area contributed by atoms with E-state index in [-0.39, 0.29) is 34.8 Å². The molecule has 1 aromatic carbocycles. The zero-order valence-electron chi connectivity index (χ0n) is 19.1. The van der Waals surface area contributed by atoms with Gasteiger partial charge in [0.05, 0.1) is 47.7 Å². The minimum atomic E-state index is -0.805. The summed E-state index contributed by atoms with van der Waals surface area (Å²) in [5, 5.41) is 16.9. The van der Waals surface area contributed by atoms with E-state index in [1.165, 1.54) is 29.9 Å². The van der Waals surface area contributed by atoms with Crippen LogP contribution in [0.25, 0.3) is 10.9 Å². The molecular formula is C22H27N5O5S. The number of thioether (sulfide) groups is 1. The van der Waals surface area contributed by atoms with E-state index in [4.69, 9.17) is 4.74 Å². The Morgan fingerprint density at radius 3 is 2.58 bits per heavy atom. The average Bonchev–Trinajstić information content (AvgIpc) is 3.23. The Balaban J connectivity index is 1.96. The van der Waals surface area contributed by atoms with Gasteiger partial charge in [-0.2, -0.15) is 5.10 Å². The molecule has 176 valence electrons. The zero-order chi connectivity index (χ0) is 24.3. The summed E-state index contributed by atoms with van der Waals surface area (Å²) in [5.74, 6) is -0.266. The Morgan fingerprint density at radius 1 is 1.21 bits per heavy atom. The second-order valence-electron chi connectivity index (χ2n) is 7.89. The van der Waals surface area contributed by atoms with Crippen LogP contribution < -0.4 is 10.9 Å². The third kappa shape index (κ3) is 5.42. The first-order valence-electron chi connectivity index (χ1n) is 10.4. The Hall–Kier alpha value is -3.18. The molecule has 0 radical (unpaired) electrons. The molecule has 2 atom stereocenters. The van der Waals surface area contributed by atoms with Gasteiger partial charge in [-0.05, 0) is 45.9 Å². The van der Waals surface area contributed by atoms with Crippen molar-refractivity contribution in [2.75, 3.05) is 12.4 Å². The first kappa shape index (κ1) is 24.5. The quantitative estimate of drug-likeness (QED) is 0.290. The van der Waals surface area contributed by atoms with Gasteiger partial charge in [0.2, 0.25) is 5.91 Å². The van der Waals surface area contributed by atoms with Crippen LogP contribution in [0.5, 0.6) is 0 Å². The van der Waals surface area contributed by atoms with Gasteiger partial charge in [-0.25, -0.2) is 14.5 Å². The number of rotatable bonds is 8. The molecule has 3 rings (SSSR count). The predicted molar refractivity (Wildman–Crippen MR) is 126 cm³/mol. The maximum absolute atomic E-state index is 13.1.